The summed E-state index contributed by atoms with van der Waals surface area (Å²) in [5.41, 5.74) is 2.89. The van der Waals surface area contributed by atoms with E-state index in [0.717, 1.165) is 38.2 Å². The number of anilines is 1. The second kappa shape index (κ2) is 7.12. The van der Waals surface area contributed by atoms with E-state index < -0.39 is 5.82 Å². The van der Waals surface area contributed by atoms with E-state index in [1.807, 2.05) is 12.1 Å². The fourth-order valence-electron chi connectivity index (χ4n) is 3.64. The average molecular weight is 366 g/mol. The summed E-state index contributed by atoms with van der Waals surface area (Å²) >= 11 is 0. The van der Waals surface area contributed by atoms with Crippen LogP contribution in [0.5, 0.6) is 0 Å². The summed E-state index contributed by atoms with van der Waals surface area (Å²) in [4.78, 5) is 24.5. The zero-order valence-electron chi connectivity index (χ0n) is 15.6. The molecule has 1 N–H and O–H groups in total. The minimum absolute atomic E-state index is 0.279. The number of nitrogens with one attached hydrogen (secondary N) is 1. The Labute approximate surface area is 157 Å². The third-order valence-electron chi connectivity index (χ3n) is 5.19. The maximum absolute atomic E-state index is 13.6. The van der Waals surface area contributed by atoms with Gasteiger partial charge in [-0.2, -0.15) is 0 Å². The number of likely N-dealkylation sites (N-methyl/N-ethyl adjacent to an activating group) is 1. The maximum atomic E-state index is 13.6. The van der Waals surface area contributed by atoms with Crippen molar-refractivity contribution < 1.29 is 4.39 Å². The Kier molecular flexibility index (Phi) is 4.66. The number of halogens is 1. The Morgan fingerprint density at radius 3 is 2.63 bits per heavy atom. The summed E-state index contributed by atoms with van der Waals surface area (Å²) in [6, 6.07) is 10.7. The van der Waals surface area contributed by atoms with E-state index in [-0.39, 0.29) is 10.9 Å². The summed E-state index contributed by atoms with van der Waals surface area (Å²) in [6.07, 6.45) is 1.15. The Bertz CT molecular complexity index is 1030. The predicted octanol–water partition coefficient (Wildman–Crippen LogP) is 3.18. The predicted molar refractivity (Wildman–Crippen MR) is 107 cm³/mol. The van der Waals surface area contributed by atoms with Gasteiger partial charge in [0.1, 0.15) is 11.6 Å². The molecule has 0 atom stereocenters. The highest BCUT2D eigenvalue weighted by Gasteiger charge is 2.14. The van der Waals surface area contributed by atoms with Gasteiger partial charge in [0.05, 0.1) is 10.9 Å². The number of aromatic amines is 1. The highest BCUT2D eigenvalue weighted by atomic mass is 19.1. The van der Waals surface area contributed by atoms with Crippen LogP contribution < -0.4 is 10.5 Å². The molecule has 27 heavy (non-hydrogen) atoms. The van der Waals surface area contributed by atoms with Gasteiger partial charge in [-0.1, -0.05) is 0 Å². The van der Waals surface area contributed by atoms with Gasteiger partial charge in [-0.3, -0.25) is 4.79 Å². The van der Waals surface area contributed by atoms with Crippen LogP contribution in [0.1, 0.15) is 12.0 Å². The number of H-pyrrole nitrogens is 1. The highest BCUT2D eigenvalue weighted by Crippen LogP contribution is 2.23. The van der Waals surface area contributed by atoms with E-state index in [4.69, 9.17) is 0 Å². The molecule has 140 valence electrons. The number of aryl methyl sites for hydroxylation is 1. The number of fused-ring (bicyclic) bond motifs is 1. The van der Waals surface area contributed by atoms with Gasteiger partial charge in [-0.15, -0.1) is 0 Å². The van der Waals surface area contributed by atoms with E-state index >= 15 is 0 Å². The van der Waals surface area contributed by atoms with Gasteiger partial charge in [0.2, 0.25) is 0 Å². The lowest BCUT2D eigenvalue weighted by Gasteiger charge is -2.23. The lowest BCUT2D eigenvalue weighted by molar-refractivity contribution is 0.360. The van der Waals surface area contributed by atoms with E-state index in [0.29, 0.717) is 16.9 Å². The molecule has 6 heteroatoms. The number of aromatic nitrogens is 2. The van der Waals surface area contributed by atoms with Crippen molar-refractivity contribution in [1.82, 2.24) is 14.9 Å². The third kappa shape index (κ3) is 3.57. The quantitative estimate of drug-likeness (QED) is 0.757. The molecule has 0 bridgehead atoms. The number of rotatable bonds is 2. The molecule has 4 rings (SSSR count). The van der Waals surface area contributed by atoms with Crippen LogP contribution in [0.25, 0.3) is 22.3 Å². The second-order valence-corrected chi connectivity index (χ2v) is 7.22. The van der Waals surface area contributed by atoms with Gasteiger partial charge < -0.3 is 14.8 Å². The molecule has 2 aromatic carbocycles. The number of benzene rings is 2. The van der Waals surface area contributed by atoms with Gasteiger partial charge in [0, 0.05) is 30.9 Å². The maximum Gasteiger partial charge on any atom is 0.259 e. The second-order valence-electron chi connectivity index (χ2n) is 7.22. The SMILES string of the molecule is Cc1cc(F)cc2c(=O)[nH]c(-c3ccc(N4CCCN(C)CC4)cc3)nc12. The molecule has 0 unspecified atom stereocenters. The summed E-state index contributed by atoms with van der Waals surface area (Å²) < 4.78 is 13.6. The average Bonchev–Trinajstić information content (AvgIpc) is 2.87. The number of nitrogens with zero attached hydrogens (tertiary/aromatic N) is 3. The zero-order chi connectivity index (χ0) is 19.0. The zero-order valence-corrected chi connectivity index (χ0v) is 15.6. The molecule has 3 aromatic rings. The summed E-state index contributed by atoms with van der Waals surface area (Å²) in [5.74, 6) is 0.0804. The molecule has 1 aliphatic heterocycles. The Balaban J connectivity index is 1.67. The van der Waals surface area contributed by atoms with Gasteiger partial charge in [-0.25, -0.2) is 9.37 Å². The minimum atomic E-state index is -0.424. The van der Waals surface area contributed by atoms with Crippen LogP contribution in [0.3, 0.4) is 0 Å². The fourth-order valence-corrected chi connectivity index (χ4v) is 3.64. The van der Waals surface area contributed by atoms with Crippen LogP contribution >= 0.6 is 0 Å². The molecule has 2 heterocycles. The van der Waals surface area contributed by atoms with Crippen molar-refractivity contribution >= 4 is 16.6 Å². The summed E-state index contributed by atoms with van der Waals surface area (Å²) in [7, 11) is 2.15. The van der Waals surface area contributed by atoms with Gasteiger partial charge in [-0.05, 0) is 68.9 Å². The summed E-state index contributed by atoms with van der Waals surface area (Å²) in [6.45, 7) is 5.99. The van der Waals surface area contributed by atoms with Crippen LogP contribution in [0, 0.1) is 12.7 Å². The molecule has 5 nitrogen and oxygen atoms in total. The van der Waals surface area contributed by atoms with Crippen molar-refractivity contribution in [3.8, 4) is 11.4 Å². The normalized spacial score (nSPS) is 15.9. The van der Waals surface area contributed by atoms with Gasteiger partial charge in [0.15, 0.2) is 0 Å². The number of hydrogen-bond donors (Lipinski definition) is 1. The van der Waals surface area contributed by atoms with Crippen LogP contribution in [-0.4, -0.2) is 48.1 Å². The van der Waals surface area contributed by atoms with Crippen molar-refractivity contribution in [2.45, 2.75) is 13.3 Å². The molecular formula is C21H23FN4O. The molecular weight excluding hydrogens is 343 g/mol. The van der Waals surface area contributed by atoms with E-state index in [1.54, 1.807) is 6.92 Å². The van der Waals surface area contributed by atoms with Crippen molar-refractivity contribution in [2.75, 3.05) is 38.1 Å². The molecule has 1 aromatic heterocycles. The summed E-state index contributed by atoms with van der Waals surface area (Å²) in [5, 5.41) is 0.279. The molecule has 0 saturated carbocycles. The molecule has 1 saturated heterocycles. The van der Waals surface area contributed by atoms with E-state index in [9.17, 15) is 9.18 Å². The van der Waals surface area contributed by atoms with Crippen molar-refractivity contribution in [3.63, 3.8) is 0 Å². The first-order chi connectivity index (χ1) is 13.0. The Hall–Kier alpha value is -2.73. The van der Waals surface area contributed by atoms with Crippen molar-refractivity contribution in [2.24, 2.45) is 0 Å². The molecule has 0 spiro atoms. The fraction of sp³-hybridized carbons (Fsp3) is 0.333. The van der Waals surface area contributed by atoms with Crippen LogP contribution in [-0.2, 0) is 0 Å². The minimum Gasteiger partial charge on any atom is -0.370 e. The smallest absolute Gasteiger partial charge is 0.259 e. The first-order valence-electron chi connectivity index (χ1n) is 9.25. The lowest BCUT2D eigenvalue weighted by Crippen LogP contribution is -2.28. The lowest BCUT2D eigenvalue weighted by atomic mass is 10.1. The molecule has 1 fully saturated rings. The first kappa shape index (κ1) is 17.7. The third-order valence-corrected chi connectivity index (χ3v) is 5.19. The monoisotopic (exact) mass is 366 g/mol. The first-order valence-corrected chi connectivity index (χ1v) is 9.25. The van der Waals surface area contributed by atoms with Crippen LogP contribution in [0.4, 0.5) is 10.1 Å². The topological polar surface area (TPSA) is 52.2 Å². The standard InChI is InChI=1S/C21H23FN4O/c1-14-12-16(22)13-18-19(14)23-20(24-21(18)27)15-4-6-17(7-5-15)26-9-3-8-25(2)10-11-26/h4-7,12-13H,3,8-11H2,1-2H3,(H,23,24,27). The largest absolute Gasteiger partial charge is 0.370 e. The highest BCUT2D eigenvalue weighted by molar-refractivity contribution is 5.82. The van der Waals surface area contributed by atoms with E-state index in [1.165, 1.54) is 17.8 Å². The van der Waals surface area contributed by atoms with Gasteiger partial charge >= 0.3 is 0 Å². The van der Waals surface area contributed by atoms with E-state index in [2.05, 4.69) is 38.9 Å². The van der Waals surface area contributed by atoms with Crippen LogP contribution in [0.2, 0.25) is 0 Å². The Morgan fingerprint density at radius 1 is 1.07 bits per heavy atom. The Morgan fingerprint density at radius 2 is 1.85 bits per heavy atom. The molecule has 0 radical (unpaired) electrons. The van der Waals surface area contributed by atoms with Crippen LogP contribution in [0.15, 0.2) is 41.2 Å². The number of hydrogen-bond acceptors (Lipinski definition) is 4. The van der Waals surface area contributed by atoms with Crippen molar-refractivity contribution in [1.29, 1.82) is 0 Å². The van der Waals surface area contributed by atoms with Gasteiger partial charge in [0.25, 0.3) is 5.56 Å². The molecule has 0 amide bonds. The molecule has 1 aliphatic rings. The van der Waals surface area contributed by atoms with Crippen molar-refractivity contribution in [3.05, 3.63) is 58.1 Å². The molecule has 0 aliphatic carbocycles.